The van der Waals surface area contributed by atoms with Gasteiger partial charge >= 0.3 is 0 Å². The van der Waals surface area contributed by atoms with Gasteiger partial charge in [-0.05, 0) is 32.9 Å². The van der Waals surface area contributed by atoms with Crippen LogP contribution in [0.2, 0.25) is 0 Å². The Balaban J connectivity index is 1.68. The summed E-state index contributed by atoms with van der Waals surface area (Å²) in [6.45, 7) is 6.23. The van der Waals surface area contributed by atoms with E-state index in [1.807, 2.05) is 20.8 Å². The van der Waals surface area contributed by atoms with E-state index in [-0.39, 0.29) is 11.2 Å². The smallest absolute Gasteiger partial charge is 0.280 e. The predicted molar refractivity (Wildman–Crippen MR) is 114 cm³/mol. The van der Waals surface area contributed by atoms with Crippen molar-refractivity contribution in [3.8, 4) is 5.69 Å². The van der Waals surface area contributed by atoms with Gasteiger partial charge in [0.15, 0.2) is 0 Å². The zero-order chi connectivity index (χ0) is 21.0. The first-order valence-corrected chi connectivity index (χ1v) is 10.2. The summed E-state index contributed by atoms with van der Waals surface area (Å²) in [7, 11) is 0. The van der Waals surface area contributed by atoms with Gasteiger partial charge in [-0.3, -0.25) is 25.0 Å². The van der Waals surface area contributed by atoms with Crippen molar-refractivity contribution in [3.63, 3.8) is 0 Å². The van der Waals surface area contributed by atoms with Crippen molar-refractivity contribution >= 4 is 23.2 Å². The van der Waals surface area contributed by atoms with Gasteiger partial charge in [0.2, 0.25) is 0 Å². The number of aryl methyl sites for hydroxylation is 2. The molecule has 2 N–H and O–H groups in total. The molecule has 1 aromatic carbocycles. The second-order valence-corrected chi connectivity index (χ2v) is 7.62. The molecule has 0 bridgehead atoms. The number of thioether (sulfide) groups is 1. The minimum absolute atomic E-state index is 0.0226. The molecule has 10 heteroatoms. The van der Waals surface area contributed by atoms with E-state index in [2.05, 4.69) is 20.1 Å². The molecule has 9 nitrogen and oxygen atoms in total. The fourth-order valence-corrected chi connectivity index (χ4v) is 3.79. The highest BCUT2D eigenvalue weighted by Gasteiger charge is 2.15. The standard InChI is InChI=1S/C19H22N6O3S/c1-12-17(22-11-21-12)10-29-9-8-20-13(2)18-14(3)23-24(19(18)26)15-4-6-16(7-5-15)25(27)28/h4-7,11,23H,8-10H2,1-3H3,(H,21,22). The molecule has 0 fully saturated rings. The number of aromatic amines is 2. The molecule has 2 aromatic heterocycles. The number of nitro benzene ring substituents is 1. The molecule has 0 aliphatic rings. The molecule has 0 amide bonds. The van der Waals surface area contributed by atoms with Gasteiger partial charge < -0.3 is 4.98 Å². The molecule has 0 atom stereocenters. The van der Waals surface area contributed by atoms with Crippen LogP contribution in [0.1, 0.15) is 29.6 Å². The van der Waals surface area contributed by atoms with Crippen LogP contribution in [0.25, 0.3) is 5.69 Å². The van der Waals surface area contributed by atoms with Gasteiger partial charge in [-0.2, -0.15) is 11.8 Å². The predicted octanol–water partition coefficient (Wildman–Crippen LogP) is 3.16. The van der Waals surface area contributed by atoms with Crippen LogP contribution in [0.3, 0.4) is 0 Å². The van der Waals surface area contributed by atoms with Gasteiger partial charge in [-0.15, -0.1) is 0 Å². The Hall–Kier alpha value is -3.14. The third-order valence-electron chi connectivity index (χ3n) is 4.51. The number of rotatable bonds is 8. The molecular weight excluding hydrogens is 392 g/mol. The monoisotopic (exact) mass is 414 g/mol. The summed E-state index contributed by atoms with van der Waals surface area (Å²) in [5.41, 5.74) is 4.30. The fourth-order valence-electron chi connectivity index (χ4n) is 2.94. The topological polar surface area (TPSA) is 122 Å². The van der Waals surface area contributed by atoms with Gasteiger partial charge in [-0.25, -0.2) is 9.67 Å². The van der Waals surface area contributed by atoms with Gasteiger partial charge in [0.25, 0.3) is 11.2 Å². The van der Waals surface area contributed by atoms with Crippen molar-refractivity contribution in [1.29, 1.82) is 0 Å². The number of imidazole rings is 1. The highest BCUT2D eigenvalue weighted by molar-refractivity contribution is 7.98. The fraction of sp³-hybridized carbons (Fsp3) is 0.316. The number of benzene rings is 1. The van der Waals surface area contributed by atoms with Crippen LogP contribution in [-0.2, 0) is 5.75 Å². The zero-order valence-electron chi connectivity index (χ0n) is 16.4. The number of nitro groups is 1. The molecule has 0 spiro atoms. The van der Waals surface area contributed by atoms with E-state index in [1.165, 1.54) is 16.8 Å². The van der Waals surface area contributed by atoms with Crippen LogP contribution in [0.5, 0.6) is 0 Å². The number of nitrogens with zero attached hydrogens (tertiary/aromatic N) is 4. The van der Waals surface area contributed by atoms with E-state index >= 15 is 0 Å². The number of H-pyrrole nitrogens is 2. The minimum Gasteiger partial charge on any atom is -0.348 e. The normalized spacial score (nSPS) is 11.8. The summed E-state index contributed by atoms with van der Waals surface area (Å²) < 4.78 is 1.38. The van der Waals surface area contributed by atoms with Gasteiger partial charge in [0.1, 0.15) is 0 Å². The Labute approximate surface area is 171 Å². The van der Waals surface area contributed by atoms with E-state index in [9.17, 15) is 14.9 Å². The second kappa shape index (κ2) is 8.91. The number of non-ortho nitro benzene ring substituents is 1. The zero-order valence-corrected chi connectivity index (χ0v) is 17.2. The molecule has 0 radical (unpaired) electrons. The number of aromatic nitrogens is 4. The maximum absolute atomic E-state index is 12.8. The molecule has 0 saturated carbocycles. The number of hydrogen-bond donors (Lipinski definition) is 2. The van der Waals surface area contributed by atoms with Crippen LogP contribution < -0.4 is 5.56 Å². The van der Waals surface area contributed by atoms with E-state index in [1.54, 1.807) is 30.2 Å². The summed E-state index contributed by atoms with van der Waals surface area (Å²) in [5, 5.41) is 13.8. The summed E-state index contributed by atoms with van der Waals surface area (Å²) in [4.78, 5) is 35.0. The second-order valence-electron chi connectivity index (χ2n) is 6.52. The Morgan fingerprint density at radius 3 is 2.62 bits per heavy atom. The maximum atomic E-state index is 12.8. The summed E-state index contributed by atoms with van der Waals surface area (Å²) in [5.74, 6) is 1.64. The average Bonchev–Trinajstić information content (AvgIpc) is 3.23. The molecule has 3 aromatic rings. The van der Waals surface area contributed by atoms with Crippen molar-refractivity contribution in [2.45, 2.75) is 26.5 Å². The first kappa shape index (κ1) is 20.6. The minimum atomic E-state index is -0.472. The van der Waals surface area contributed by atoms with Crippen LogP contribution in [0.4, 0.5) is 5.69 Å². The lowest BCUT2D eigenvalue weighted by molar-refractivity contribution is -0.384. The number of hydrogen-bond acceptors (Lipinski definition) is 6. The Morgan fingerprint density at radius 1 is 1.28 bits per heavy atom. The van der Waals surface area contributed by atoms with Crippen molar-refractivity contribution in [2.24, 2.45) is 4.99 Å². The molecule has 0 aliphatic heterocycles. The summed E-state index contributed by atoms with van der Waals surface area (Å²) in [6.07, 6.45) is 1.69. The van der Waals surface area contributed by atoms with Crippen LogP contribution in [0.15, 0.2) is 40.4 Å². The van der Waals surface area contributed by atoms with Crippen LogP contribution in [0, 0.1) is 24.0 Å². The van der Waals surface area contributed by atoms with Crippen molar-refractivity contribution in [2.75, 3.05) is 12.3 Å². The highest BCUT2D eigenvalue weighted by atomic mass is 32.2. The molecule has 0 aliphatic carbocycles. The van der Waals surface area contributed by atoms with Crippen LogP contribution >= 0.6 is 11.8 Å². The molecule has 29 heavy (non-hydrogen) atoms. The first-order chi connectivity index (χ1) is 13.9. The van der Waals surface area contributed by atoms with Gasteiger partial charge in [0.05, 0.1) is 28.2 Å². The van der Waals surface area contributed by atoms with Gasteiger partial charge in [-0.1, -0.05) is 0 Å². The summed E-state index contributed by atoms with van der Waals surface area (Å²) in [6, 6.07) is 5.83. The van der Waals surface area contributed by atoms with Gasteiger partial charge in [0, 0.05) is 47.3 Å². The molecule has 0 saturated heterocycles. The molecule has 3 rings (SSSR count). The summed E-state index contributed by atoms with van der Waals surface area (Å²) >= 11 is 1.74. The molecule has 152 valence electrons. The highest BCUT2D eigenvalue weighted by Crippen LogP contribution is 2.15. The Bertz CT molecular complexity index is 1090. The largest absolute Gasteiger partial charge is 0.348 e. The Morgan fingerprint density at radius 2 is 2.00 bits per heavy atom. The third-order valence-corrected chi connectivity index (χ3v) is 5.46. The average molecular weight is 414 g/mol. The first-order valence-electron chi connectivity index (χ1n) is 9.03. The van der Waals surface area contributed by atoms with Crippen molar-refractivity contribution in [3.05, 3.63) is 73.7 Å². The Kier molecular flexibility index (Phi) is 6.32. The number of aliphatic imine (C=N–C) groups is 1. The lowest BCUT2D eigenvalue weighted by Gasteiger charge is -2.01. The van der Waals surface area contributed by atoms with Crippen molar-refractivity contribution < 1.29 is 4.92 Å². The van der Waals surface area contributed by atoms with E-state index in [0.717, 1.165) is 22.9 Å². The number of nitrogens with one attached hydrogen (secondary N) is 2. The molecule has 0 unspecified atom stereocenters. The van der Waals surface area contributed by atoms with E-state index in [4.69, 9.17) is 0 Å². The van der Waals surface area contributed by atoms with E-state index < -0.39 is 4.92 Å². The van der Waals surface area contributed by atoms with Crippen LogP contribution in [-0.4, -0.2) is 42.7 Å². The molecule has 2 heterocycles. The SMILES string of the molecule is CC(=NCCSCc1nc[nH]c1C)c1c(C)[nH]n(-c2ccc([N+](=O)[O-])cc2)c1=O. The maximum Gasteiger partial charge on any atom is 0.280 e. The van der Waals surface area contributed by atoms with Crippen molar-refractivity contribution in [1.82, 2.24) is 19.7 Å². The lowest BCUT2D eigenvalue weighted by atomic mass is 10.2. The quantitative estimate of drug-likeness (QED) is 0.254. The third kappa shape index (κ3) is 4.65. The van der Waals surface area contributed by atoms with E-state index in [0.29, 0.717) is 29.2 Å². The molecular formula is C19H22N6O3S. The lowest BCUT2D eigenvalue weighted by Crippen LogP contribution is -2.20.